The molecule has 0 amide bonds. The van der Waals surface area contributed by atoms with Crippen molar-refractivity contribution in [3.05, 3.63) is 0 Å². The van der Waals surface area contributed by atoms with E-state index >= 15 is 0 Å². The molecule has 0 aliphatic heterocycles. The first kappa shape index (κ1) is 26.6. The van der Waals surface area contributed by atoms with Gasteiger partial charge in [-0.2, -0.15) is 0 Å². The molecule has 0 unspecified atom stereocenters. The second kappa shape index (κ2) is 19.7. The third-order valence-corrected chi connectivity index (χ3v) is 6.78. The van der Waals surface area contributed by atoms with Gasteiger partial charge in [0.25, 0.3) is 0 Å². The maximum atomic E-state index is 10.3. The van der Waals surface area contributed by atoms with E-state index in [0.717, 1.165) is 12.8 Å². The third-order valence-electron chi connectivity index (χ3n) is 3.86. The first-order chi connectivity index (χ1) is 11.3. The fourth-order valence-electron chi connectivity index (χ4n) is 2.29. The molecule has 7 heteroatoms. The third kappa shape index (κ3) is 30.3. The van der Waals surface area contributed by atoms with Crippen molar-refractivity contribution >= 4 is 44.0 Å². The Morgan fingerprint density at radius 2 is 1.08 bits per heavy atom. The molecule has 0 spiro atoms. The van der Waals surface area contributed by atoms with Gasteiger partial charge in [0.15, 0.2) is 0 Å². The molecule has 0 saturated carbocycles. The molecule has 0 aromatic rings. The van der Waals surface area contributed by atoms with Gasteiger partial charge in [-0.05, 0) is 6.42 Å². The van der Waals surface area contributed by atoms with Gasteiger partial charge in [-0.25, -0.2) is 0 Å². The summed E-state index contributed by atoms with van der Waals surface area (Å²) in [6, 6.07) is 0. The van der Waals surface area contributed by atoms with Crippen LogP contribution in [0.2, 0.25) is 0 Å². The zero-order chi connectivity index (χ0) is 18.7. The molecule has 0 aliphatic rings. The summed E-state index contributed by atoms with van der Waals surface area (Å²) >= 11 is 0.510. The van der Waals surface area contributed by atoms with Gasteiger partial charge in [-0.1, -0.05) is 84.0 Å². The van der Waals surface area contributed by atoms with Crippen molar-refractivity contribution in [2.24, 2.45) is 0 Å². The van der Waals surface area contributed by atoms with Crippen LogP contribution in [0.15, 0.2) is 0 Å². The van der Waals surface area contributed by atoms with Gasteiger partial charge in [-0.15, -0.1) is 0 Å². The van der Waals surface area contributed by atoms with Crippen LogP contribution >= 0.6 is 0 Å². The summed E-state index contributed by atoms with van der Waals surface area (Å²) < 4.78 is 27.0. The number of unbranched alkanes of at least 4 members (excludes halogenated alkanes) is 12. The Morgan fingerprint density at radius 1 is 0.792 bits per heavy atom. The van der Waals surface area contributed by atoms with E-state index in [4.69, 9.17) is 9.66 Å². The van der Waals surface area contributed by atoms with Crippen LogP contribution in [0.3, 0.4) is 0 Å². The van der Waals surface area contributed by atoms with E-state index in [0.29, 0.717) is 34.4 Å². The van der Waals surface area contributed by atoms with Crippen molar-refractivity contribution in [3.8, 4) is 0 Å². The van der Waals surface area contributed by atoms with Crippen molar-refractivity contribution in [3.63, 3.8) is 0 Å². The summed E-state index contributed by atoms with van der Waals surface area (Å²) in [4.78, 5) is 10.3. The fourth-order valence-corrected chi connectivity index (χ4v) is 2.29. The molecular weight excluding hydrogens is 339 g/mol. The average molecular weight is 375 g/mol. The summed E-state index contributed by atoms with van der Waals surface area (Å²) in [6.07, 6.45) is 17.3. The molecular formula is C17H35NaO5S. The van der Waals surface area contributed by atoms with E-state index in [2.05, 4.69) is 6.92 Å². The molecule has 0 rings (SSSR count). The Morgan fingerprint density at radius 3 is 1.33 bits per heavy atom. The molecule has 0 heterocycles. The molecule has 0 fully saturated rings. The fraction of sp³-hybridized carbons (Fsp3) is 0.941. The van der Waals surface area contributed by atoms with E-state index in [-0.39, 0.29) is 3.00 Å². The van der Waals surface area contributed by atoms with Crippen molar-refractivity contribution < 1.29 is 22.9 Å². The number of hydrogen-bond donors (Lipinski definition) is 2. The van der Waals surface area contributed by atoms with Crippen LogP contribution in [0, 0.1) is 0 Å². The first-order valence-electron chi connectivity index (χ1n) is 9.50. The van der Waals surface area contributed by atoms with Crippen molar-refractivity contribution in [2.75, 3.05) is 3.00 Å². The Hall–Kier alpha value is 0.380. The number of hydrogen-bond acceptors (Lipinski definition) is 3. The van der Waals surface area contributed by atoms with Gasteiger partial charge < -0.3 is 5.11 Å². The quantitative estimate of drug-likeness (QED) is 0.249. The summed E-state index contributed by atoms with van der Waals surface area (Å²) in [6.45, 7) is 2.26. The summed E-state index contributed by atoms with van der Waals surface area (Å²) in [5.74, 6) is -0.655. The molecule has 0 aromatic carbocycles. The van der Waals surface area contributed by atoms with Crippen LogP contribution in [0.1, 0.15) is 96.8 Å². The molecule has 0 aliphatic carbocycles. The zero-order valence-corrected chi connectivity index (χ0v) is 18.5. The van der Waals surface area contributed by atoms with Gasteiger partial charge in [0.1, 0.15) is 0 Å². The van der Waals surface area contributed by atoms with Gasteiger partial charge in [0.2, 0.25) is 0 Å². The molecule has 0 saturated heterocycles. The second-order valence-electron chi connectivity index (χ2n) is 6.26. The van der Waals surface area contributed by atoms with E-state index < -0.39 is 16.1 Å². The average Bonchev–Trinajstić information content (AvgIpc) is 2.51. The van der Waals surface area contributed by atoms with E-state index in [9.17, 15) is 13.2 Å². The molecule has 24 heavy (non-hydrogen) atoms. The molecule has 0 radical (unpaired) electrons. The number of rotatable bonds is 15. The molecule has 140 valence electrons. The summed E-state index contributed by atoms with van der Waals surface area (Å²) in [5.41, 5.74) is 0. The standard InChI is InChI=1S/C16H32O2.CH3O3S.Na/c1-2-3-4-5-6-7-8-9-10-11-12-13-14-15-16(17)18;1-5(2,3)4;/h2-15H2,1H3,(H,17,18);1H2,(H,2,3,4);. The predicted octanol–water partition coefficient (Wildman–Crippen LogP) is 4.55. The van der Waals surface area contributed by atoms with Crippen molar-refractivity contribution in [1.82, 2.24) is 0 Å². The Labute approximate surface area is 166 Å². The number of aliphatic carboxylic acids is 1. The number of carboxylic acid groups (broad SMARTS) is 1. The Balaban J connectivity index is 0. The van der Waals surface area contributed by atoms with Crippen molar-refractivity contribution in [1.29, 1.82) is 0 Å². The van der Waals surface area contributed by atoms with Crippen LogP contribution in [-0.2, 0) is 14.9 Å². The summed E-state index contributed by atoms with van der Waals surface area (Å²) in [7, 11) is -3.60. The minimum absolute atomic E-state index is 0.0625. The topological polar surface area (TPSA) is 91.7 Å². The van der Waals surface area contributed by atoms with Crippen LogP contribution in [0.25, 0.3) is 0 Å². The maximum absolute atomic E-state index is 10.3. The van der Waals surface area contributed by atoms with Gasteiger partial charge in [0.05, 0.1) is 0 Å². The van der Waals surface area contributed by atoms with Crippen molar-refractivity contribution in [2.45, 2.75) is 96.8 Å². The molecule has 0 bridgehead atoms. The van der Waals surface area contributed by atoms with Crippen LogP contribution in [-0.4, -0.2) is 55.0 Å². The van der Waals surface area contributed by atoms with Crippen LogP contribution in [0.4, 0.5) is 0 Å². The SMILES string of the molecule is CCCCCCCCCCCCCCCC(=O)O.O=S(=O)(O)[CH2][Na]. The normalized spacial score (nSPS) is 11.0. The van der Waals surface area contributed by atoms with Crippen LogP contribution < -0.4 is 0 Å². The van der Waals surface area contributed by atoms with Gasteiger partial charge >= 0.3 is 60.0 Å². The second-order valence-corrected chi connectivity index (χ2v) is 9.73. The van der Waals surface area contributed by atoms with E-state index in [1.165, 1.54) is 70.6 Å². The molecule has 0 aromatic heterocycles. The first-order valence-corrected chi connectivity index (χ1v) is 12.5. The molecule has 5 nitrogen and oxygen atoms in total. The van der Waals surface area contributed by atoms with E-state index in [1.54, 1.807) is 0 Å². The Bertz CT molecular complexity index is 371. The predicted molar refractivity (Wildman–Crippen MR) is 100 cm³/mol. The number of carbonyl (C=O) groups is 1. The van der Waals surface area contributed by atoms with Gasteiger partial charge in [-0.3, -0.25) is 4.79 Å². The van der Waals surface area contributed by atoms with Gasteiger partial charge in [0, 0.05) is 6.42 Å². The monoisotopic (exact) mass is 374 g/mol. The molecule has 0 atom stereocenters. The summed E-state index contributed by atoms with van der Waals surface area (Å²) in [5, 5.41) is 8.49. The zero-order valence-electron chi connectivity index (χ0n) is 15.6. The van der Waals surface area contributed by atoms with Crippen LogP contribution in [0.5, 0.6) is 0 Å². The number of carboxylic acids is 1. The minimum atomic E-state index is -3.60. The Kier molecular flexibility index (Phi) is 21.8. The van der Waals surface area contributed by atoms with E-state index in [1.807, 2.05) is 0 Å². The molecule has 2 N–H and O–H groups in total.